The zero-order valence-electron chi connectivity index (χ0n) is 24.5. The SMILES string of the molecule is CCCN(C)c1ccc(-n2c(C(=O)NCCN(C)C)cnc2-c2cc(C(=N)Cc3cccc(Cl)c3)c(N)cc2O)cc1. The fraction of sp³-hybridized carbons (Fsp3) is 0.281. The van der Waals surface area contributed by atoms with Crippen LogP contribution in [0.25, 0.3) is 17.1 Å². The molecule has 42 heavy (non-hydrogen) atoms. The predicted octanol–water partition coefficient (Wildman–Crippen LogP) is 5.23. The first-order valence-electron chi connectivity index (χ1n) is 13.9. The zero-order chi connectivity index (χ0) is 30.4. The van der Waals surface area contributed by atoms with Gasteiger partial charge < -0.3 is 31.4 Å². The zero-order valence-corrected chi connectivity index (χ0v) is 25.2. The highest BCUT2D eigenvalue weighted by atomic mass is 35.5. The fourth-order valence-electron chi connectivity index (χ4n) is 4.76. The summed E-state index contributed by atoms with van der Waals surface area (Å²) in [6.07, 6.45) is 2.83. The molecule has 1 amide bonds. The van der Waals surface area contributed by atoms with E-state index in [2.05, 4.69) is 22.1 Å². The topological polar surface area (TPSA) is 124 Å². The largest absolute Gasteiger partial charge is 0.507 e. The van der Waals surface area contributed by atoms with Gasteiger partial charge in [0.2, 0.25) is 0 Å². The van der Waals surface area contributed by atoms with Gasteiger partial charge in [0.05, 0.1) is 11.8 Å². The van der Waals surface area contributed by atoms with Crippen LogP contribution in [0.1, 0.15) is 35.0 Å². The number of imidazole rings is 1. The lowest BCUT2D eigenvalue weighted by molar-refractivity contribution is 0.0944. The molecule has 3 aromatic carbocycles. The molecule has 0 aliphatic heterocycles. The first-order chi connectivity index (χ1) is 20.1. The van der Waals surface area contributed by atoms with Crippen molar-refractivity contribution in [1.82, 2.24) is 19.8 Å². The molecule has 0 bridgehead atoms. The number of benzene rings is 3. The maximum Gasteiger partial charge on any atom is 0.269 e. The monoisotopic (exact) mass is 587 g/mol. The quantitative estimate of drug-likeness (QED) is 0.133. The van der Waals surface area contributed by atoms with Crippen molar-refractivity contribution in [3.05, 3.63) is 88.7 Å². The molecule has 4 rings (SSSR count). The Morgan fingerprint density at radius 1 is 1.10 bits per heavy atom. The molecule has 0 aliphatic carbocycles. The Hall–Kier alpha value is -4.34. The van der Waals surface area contributed by atoms with E-state index >= 15 is 0 Å². The number of rotatable bonds is 12. The molecule has 0 fully saturated rings. The Bertz CT molecular complexity index is 1560. The summed E-state index contributed by atoms with van der Waals surface area (Å²) in [5.41, 5.74) is 10.6. The van der Waals surface area contributed by atoms with Crippen LogP contribution in [0.5, 0.6) is 5.75 Å². The summed E-state index contributed by atoms with van der Waals surface area (Å²) in [7, 11) is 5.92. The number of halogens is 1. The number of anilines is 2. The molecule has 0 saturated heterocycles. The summed E-state index contributed by atoms with van der Waals surface area (Å²) < 4.78 is 1.73. The van der Waals surface area contributed by atoms with Gasteiger partial charge in [-0.15, -0.1) is 0 Å². The number of carbonyl (C=O) groups is 1. The maximum absolute atomic E-state index is 13.3. The molecule has 0 radical (unpaired) electrons. The lowest BCUT2D eigenvalue weighted by atomic mass is 9.98. The van der Waals surface area contributed by atoms with Crippen molar-refractivity contribution < 1.29 is 9.90 Å². The van der Waals surface area contributed by atoms with E-state index in [1.807, 2.05) is 68.5 Å². The molecule has 4 aromatic rings. The van der Waals surface area contributed by atoms with Crippen LogP contribution in [0, 0.1) is 5.41 Å². The average molecular weight is 588 g/mol. The van der Waals surface area contributed by atoms with E-state index in [0.717, 1.165) is 24.2 Å². The van der Waals surface area contributed by atoms with E-state index in [9.17, 15) is 9.90 Å². The number of hydrogen-bond donors (Lipinski definition) is 4. The highest BCUT2D eigenvalue weighted by Gasteiger charge is 2.23. The summed E-state index contributed by atoms with van der Waals surface area (Å²) in [6.45, 7) is 4.19. The number of phenolic OH excluding ortho intramolecular Hbond substituents is 1. The van der Waals surface area contributed by atoms with Crippen molar-refractivity contribution >= 4 is 34.6 Å². The van der Waals surface area contributed by atoms with Crippen LogP contribution in [0.2, 0.25) is 5.02 Å². The maximum atomic E-state index is 13.3. The molecular weight excluding hydrogens is 550 g/mol. The van der Waals surface area contributed by atoms with E-state index in [1.165, 1.54) is 12.3 Å². The van der Waals surface area contributed by atoms with Gasteiger partial charge >= 0.3 is 0 Å². The number of carbonyl (C=O) groups excluding carboxylic acids is 1. The normalized spacial score (nSPS) is 11.1. The molecule has 0 atom stereocenters. The minimum Gasteiger partial charge on any atom is -0.507 e. The molecule has 0 saturated carbocycles. The van der Waals surface area contributed by atoms with Crippen molar-refractivity contribution in [2.45, 2.75) is 19.8 Å². The summed E-state index contributed by atoms with van der Waals surface area (Å²) in [4.78, 5) is 22.1. The number of nitrogens with one attached hydrogen (secondary N) is 2. The molecule has 0 unspecified atom stereocenters. The third kappa shape index (κ3) is 7.10. The molecule has 9 nitrogen and oxygen atoms in total. The van der Waals surface area contributed by atoms with Gasteiger partial charge in [-0.3, -0.25) is 9.36 Å². The number of nitrogen functional groups attached to an aromatic ring is 1. The Morgan fingerprint density at radius 3 is 2.50 bits per heavy atom. The smallest absolute Gasteiger partial charge is 0.269 e. The minimum atomic E-state index is -0.286. The Morgan fingerprint density at radius 2 is 1.83 bits per heavy atom. The van der Waals surface area contributed by atoms with E-state index < -0.39 is 0 Å². The van der Waals surface area contributed by atoms with Crippen LogP contribution >= 0.6 is 11.6 Å². The van der Waals surface area contributed by atoms with E-state index in [0.29, 0.717) is 52.9 Å². The molecule has 220 valence electrons. The van der Waals surface area contributed by atoms with E-state index in [1.54, 1.807) is 16.7 Å². The number of likely N-dealkylation sites (N-methyl/N-ethyl adjacent to an activating group) is 1. The Balaban J connectivity index is 1.78. The summed E-state index contributed by atoms with van der Waals surface area (Å²) in [6, 6.07) is 18.3. The average Bonchev–Trinajstić information content (AvgIpc) is 3.38. The van der Waals surface area contributed by atoms with E-state index in [4.69, 9.17) is 22.7 Å². The second-order valence-electron chi connectivity index (χ2n) is 10.5. The van der Waals surface area contributed by atoms with Gasteiger partial charge in [-0.2, -0.15) is 0 Å². The molecule has 0 aliphatic rings. The van der Waals surface area contributed by atoms with Crippen LogP contribution in [0.3, 0.4) is 0 Å². The van der Waals surface area contributed by atoms with Gasteiger partial charge in [0, 0.05) is 72.5 Å². The van der Waals surface area contributed by atoms with Crippen molar-refractivity contribution in [3.63, 3.8) is 0 Å². The second-order valence-corrected chi connectivity index (χ2v) is 11.0. The lowest BCUT2D eigenvalue weighted by Crippen LogP contribution is -2.32. The standard InChI is InChI=1S/C32H38ClN7O2/c1-5-14-39(4)23-9-11-24(12-10-23)40-29(32(42)36-13-15-38(2)3)20-37-31(40)26-18-25(28(35)19-30(26)41)27(34)17-21-7-6-8-22(33)16-21/h6-12,16,18-20,34,41H,5,13-15,17,35H2,1-4H3,(H,36,42). The Kier molecular flexibility index (Phi) is 9.88. The third-order valence-corrected chi connectivity index (χ3v) is 7.19. The number of nitrogens with two attached hydrogens (primary N) is 1. The molecule has 5 N–H and O–H groups in total. The van der Waals surface area contributed by atoms with Gasteiger partial charge in [0.15, 0.2) is 0 Å². The van der Waals surface area contributed by atoms with Gasteiger partial charge in [0.1, 0.15) is 17.3 Å². The first-order valence-corrected chi connectivity index (χ1v) is 14.2. The number of aromatic hydroxyl groups is 1. The van der Waals surface area contributed by atoms with Crippen LogP contribution < -0.4 is 16.0 Å². The summed E-state index contributed by atoms with van der Waals surface area (Å²) in [5, 5.41) is 23.4. The lowest BCUT2D eigenvalue weighted by Gasteiger charge is -2.20. The molecule has 0 spiro atoms. The fourth-order valence-corrected chi connectivity index (χ4v) is 4.97. The molecular formula is C32H38ClN7O2. The van der Waals surface area contributed by atoms with Gasteiger partial charge in [0.25, 0.3) is 5.91 Å². The minimum absolute atomic E-state index is 0.0995. The van der Waals surface area contributed by atoms with E-state index in [-0.39, 0.29) is 23.1 Å². The van der Waals surface area contributed by atoms with Crippen LogP contribution in [-0.4, -0.2) is 72.0 Å². The van der Waals surface area contributed by atoms with Crippen molar-refractivity contribution in [3.8, 4) is 22.8 Å². The number of aromatic nitrogens is 2. The van der Waals surface area contributed by atoms with Crippen molar-refractivity contribution in [1.29, 1.82) is 5.41 Å². The van der Waals surface area contributed by atoms with Crippen LogP contribution in [-0.2, 0) is 6.42 Å². The second kappa shape index (κ2) is 13.5. The third-order valence-electron chi connectivity index (χ3n) is 6.95. The number of phenols is 1. The summed E-state index contributed by atoms with van der Waals surface area (Å²) >= 11 is 6.15. The van der Waals surface area contributed by atoms with Gasteiger partial charge in [-0.1, -0.05) is 30.7 Å². The van der Waals surface area contributed by atoms with Crippen molar-refractivity contribution in [2.75, 3.05) is 51.4 Å². The molecule has 10 heteroatoms. The van der Waals surface area contributed by atoms with Crippen LogP contribution in [0.4, 0.5) is 11.4 Å². The highest BCUT2D eigenvalue weighted by Crippen LogP contribution is 2.35. The summed E-state index contributed by atoms with van der Waals surface area (Å²) in [5.74, 6) is -0.0270. The first kappa shape index (κ1) is 30.6. The number of hydrogen-bond acceptors (Lipinski definition) is 7. The Labute approximate surface area is 252 Å². The van der Waals surface area contributed by atoms with Gasteiger partial charge in [-0.05, 0) is 68.5 Å². The number of nitrogens with zero attached hydrogens (tertiary/aromatic N) is 4. The number of amides is 1. The molecule has 1 heterocycles. The van der Waals surface area contributed by atoms with Gasteiger partial charge in [-0.25, -0.2) is 4.98 Å². The van der Waals surface area contributed by atoms with Crippen molar-refractivity contribution in [2.24, 2.45) is 0 Å². The predicted molar refractivity (Wildman–Crippen MR) is 172 cm³/mol. The highest BCUT2D eigenvalue weighted by molar-refractivity contribution is 6.30. The van der Waals surface area contributed by atoms with Crippen LogP contribution in [0.15, 0.2) is 66.9 Å². The molecule has 1 aromatic heterocycles.